The lowest BCUT2D eigenvalue weighted by Gasteiger charge is -2.25. The molecule has 1 amide bonds. The van der Waals surface area contributed by atoms with Crippen LogP contribution in [-0.4, -0.2) is 43.3 Å². The van der Waals surface area contributed by atoms with E-state index < -0.39 is 17.2 Å². The quantitative estimate of drug-likeness (QED) is 0.284. The van der Waals surface area contributed by atoms with Crippen LogP contribution in [0.2, 0.25) is 0 Å². The number of nitrogens with one attached hydrogen (secondary N) is 3. The van der Waals surface area contributed by atoms with E-state index in [-0.39, 0.29) is 5.56 Å². The van der Waals surface area contributed by atoms with Gasteiger partial charge in [0.05, 0.1) is 29.2 Å². The van der Waals surface area contributed by atoms with Crippen LogP contribution in [0.15, 0.2) is 42.7 Å². The Morgan fingerprint density at radius 1 is 1.17 bits per heavy atom. The number of aryl methyl sites for hydroxylation is 1. The molecule has 0 saturated heterocycles. The van der Waals surface area contributed by atoms with Crippen LogP contribution >= 0.6 is 0 Å². The second-order valence-electron chi connectivity index (χ2n) is 7.98. The van der Waals surface area contributed by atoms with Gasteiger partial charge in [-0.1, -0.05) is 6.07 Å². The largest absolute Gasteiger partial charge is 0.755 e. The van der Waals surface area contributed by atoms with Crippen LogP contribution in [0.5, 0.6) is 0 Å². The molecule has 2 heterocycles. The topological polar surface area (TPSA) is 144 Å². The van der Waals surface area contributed by atoms with Gasteiger partial charge in [-0.05, 0) is 56.4 Å². The number of carbonyl (C=O) groups excluding carboxylic acids is 1. The molecule has 0 spiro atoms. The van der Waals surface area contributed by atoms with Gasteiger partial charge in [-0.3, -0.25) is 13.8 Å². The maximum absolute atomic E-state index is 12.7. The van der Waals surface area contributed by atoms with Crippen LogP contribution in [0.1, 0.15) is 47.4 Å². The highest BCUT2D eigenvalue weighted by molar-refractivity contribution is 7.80. The molecular weight excluding hydrogens is 470 g/mol. The number of benzene rings is 1. The van der Waals surface area contributed by atoms with Crippen molar-refractivity contribution in [1.82, 2.24) is 20.4 Å². The second-order valence-corrected chi connectivity index (χ2v) is 8.97. The number of anilines is 5. The monoisotopic (exact) mass is 496 g/mol. The van der Waals surface area contributed by atoms with Crippen molar-refractivity contribution in [3.8, 4) is 0 Å². The maximum atomic E-state index is 12.7. The zero-order valence-electron chi connectivity index (χ0n) is 19.6. The van der Waals surface area contributed by atoms with Crippen molar-refractivity contribution in [3.63, 3.8) is 0 Å². The number of aromatic nitrogens is 3. The molecule has 1 atom stereocenters. The number of nitrogens with zero attached hydrogens (tertiary/aromatic N) is 4. The van der Waals surface area contributed by atoms with Crippen molar-refractivity contribution < 1.29 is 18.4 Å². The Labute approximate surface area is 205 Å². The third-order valence-electron chi connectivity index (χ3n) is 5.39. The fourth-order valence-corrected chi connectivity index (χ4v) is 3.78. The van der Waals surface area contributed by atoms with E-state index in [1.165, 1.54) is 13.2 Å². The van der Waals surface area contributed by atoms with E-state index in [9.17, 15) is 13.6 Å². The molecule has 12 heteroatoms. The Hall–Kier alpha value is -3.61. The SMILES string of the molecule is CCONC(=O)c1cnc(Nc2ccnc(C)n2)cc1Nc1ccc(C2CC2)cc1N(C)S(=O)[O-]. The molecule has 35 heavy (non-hydrogen) atoms. The molecule has 0 bridgehead atoms. The fraction of sp³-hybridized carbons (Fsp3) is 0.304. The summed E-state index contributed by atoms with van der Waals surface area (Å²) in [6, 6.07) is 8.99. The second kappa shape index (κ2) is 10.8. The van der Waals surface area contributed by atoms with Gasteiger partial charge in [-0.15, -0.1) is 0 Å². The van der Waals surface area contributed by atoms with Gasteiger partial charge in [-0.25, -0.2) is 20.4 Å². The van der Waals surface area contributed by atoms with Gasteiger partial charge in [-0.2, -0.15) is 0 Å². The number of hydroxylamine groups is 1. The normalized spacial score (nSPS) is 13.7. The van der Waals surface area contributed by atoms with Crippen molar-refractivity contribution >= 4 is 45.9 Å². The number of hydrogen-bond acceptors (Lipinski definition) is 9. The summed E-state index contributed by atoms with van der Waals surface area (Å²) in [7, 11) is 1.47. The Balaban J connectivity index is 1.72. The molecule has 1 aromatic carbocycles. The van der Waals surface area contributed by atoms with Crippen LogP contribution in [-0.2, 0) is 16.1 Å². The van der Waals surface area contributed by atoms with Crippen LogP contribution in [0.25, 0.3) is 0 Å². The molecule has 3 aromatic rings. The molecule has 1 aliphatic rings. The van der Waals surface area contributed by atoms with Crippen molar-refractivity contribution in [2.75, 3.05) is 28.6 Å². The van der Waals surface area contributed by atoms with Crippen molar-refractivity contribution in [3.05, 3.63) is 59.7 Å². The van der Waals surface area contributed by atoms with E-state index in [0.717, 1.165) is 22.7 Å². The van der Waals surface area contributed by atoms with Gasteiger partial charge in [0.25, 0.3) is 5.91 Å². The van der Waals surface area contributed by atoms with Gasteiger partial charge in [0.2, 0.25) is 0 Å². The minimum Gasteiger partial charge on any atom is -0.755 e. The predicted octanol–water partition coefficient (Wildman–Crippen LogP) is 3.46. The highest BCUT2D eigenvalue weighted by Crippen LogP contribution is 2.43. The number of amides is 1. The lowest BCUT2D eigenvalue weighted by molar-refractivity contribution is 0.0365. The molecule has 184 valence electrons. The van der Waals surface area contributed by atoms with Gasteiger partial charge in [0.1, 0.15) is 17.5 Å². The Morgan fingerprint density at radius 3 is 2.66 bits per heavy atom. The average Bonchev–Trinajstić information content (AvgIpc) is 3.68. The minimum atomic E-state index is -2.48. The van der Waals surface area contributed by atoms with Crippen LogP contribution in [0, 0.1) is 6.92 Å². The average molecular weight is 497 g/mol. The number of pyridine rings is 1. The Morgan fingerprint density at radius 2 is 1.97 bits per heavy atom. The third-order valence-corrected chi connectivity index (χ3v) is 6.04. The summed E-state index contributed by atoms with van der Waals surface area (Å²) in [6.07, 6.45) is 5.20. The number of carbonyl (C=O) groups is 1. The summed E-state index contributed by atoms with van der Waals surface area (Å²) in [6.45, 7) is 3.82. The molecule has 1 fully saturated rings. The summed E-state index contributed by atoms with van der Waals surface area (Å²) < 4.78 is 24.7. The number of rotatable bonds is 10. The molecule has 1 aliphatic carbocycles. The fourth-order valence-electron chi connectivity index (χ4n) is 3.47. The smallest absolute Gasteiger partial charge is 0.278 e. The first-order valence-electron chi connectivity index (χ1n) is 11.1. The van der Waals surface area contributed by atoms with Gasteiger partial charge in [0.15, 0.2) is 0 Å². The van der Waals surface area contributed by atoms with E-state index in [1.807, 2.05) is 18.2 Å². The van der Waals surface area contributed by atoms with Gasteiger partial charge >= 0.3 is 0 Å². The van der Waals surface area contributed by atoms with Gasteiger partial charge < -0.3 is 19.5 Å². The highest BCUT2D eigenvalue weighted by atomic mass is 32.2. The molecule has 3 N–H and O–H groups in total. The van der Waals surface area contributed by atoms with Crippen LogP contribution in [0.4, 0.5) is 28.7 Å². The van der Waals surface area contributed by atoms with E-state index >= 15 is 0 Å². The molecule has 4 rings (SSSR count). The van der Waals surface area contributed by atoms with Crippen molar-refractivity contribution in [2.24, 2.45) is 0 Å². The van der Waals surface area contributed by atoms with Crippen LogP contribution < -0.4 is 20.4 Å². The number of hydrogen-bond donors (Lipinski definition) is 3. The predicted molar refractivity (Wildman–Crippen MR) is 132 cm³/mol. The van der Waals surface area contributed by atoms with Crippen molar-refractivity contribution in [2.45, 2.75) is 32.6 Å². The molecule has 2 aromatic heterocycles. The summed E-state index contributed by atoms with van der Waals surface area (Å²) in [5.41, 5.74) is 5.04. The first-order valence-corrected chi connectivity index (χ1v) is 12.1. The zero-order chi connectivity index (χ0) is 24.9. The third kappa shape index (κ3) is 6.10. The van der Waals surface area contributed by atoms with E-state index in [2.05, 4.69) is 31.1 Å². The highest BCUT2D eigenvalue weighted by Gasteiger charge is 2.25. The van der Waals surface area contributed by atoms with Crippen LogP contribution in [0.3, 0.4) is 0 Å². The summed E-state index contributed by atoms with van der Waals surface area (Å²) >= 11 is -2.48. The van der Waals surface area contributed by atoms with Gasteiger partial charge in [0, 0.05) is 36.8 Å². The molecule has 1 unspecified atom stereocenters. The molecule has 0 radical (unpaired) electrons. The minimum absolute atomic E-state index is 0.214. The molecule has 0 aliphatic heterocycles. The zero-order valence-corrected chi connectivity index (χ0v) is 20.4. The van der Waals surface area contributed by atoms with Crippen molar-refractivity contribution in [1.29, 1.82) is 0 Å². The van der Waals surface area contributed by atoms with E-state index in [1.54, 1.807) is 32.2 Å². The molecular formula is C23H26N7O4S-. The first kappa shape index (κ1) is 24.5. The van der Waals surface area contributed by atoms with E-state index in [0.29, 0.717) is 47.0 Å². The summed E-state index contributed by atoms with van der Waals surface area (Å²) in [5.74, 6) is 1.50. The lowest BCUT2D eigenvalue weighted by Crippen LogP contribution is -2.25. The molecule has 1 saturated carbocycles. The molecule has 11 nitrogen and oxygen atoms in total. The first-order chi connectivity index (χ1) is 16.9. The summed E-state index contributed by atoms with van der Waals surface area (Å²) in [5, 5.41) is 6.31. The Kier molecular flexibility index (Phi) is 7.54. The standard InChI is InChI=1S/C23H27N7O4S/c1-4-34-29-23(31)17-13-25-22(28-21-9-10-24-14(2)26-21)12-19(17)27-18-8-7-16(15-5-6-15)11-20(18)30(3)35(32)33/h7-13,15H,4-6H2,1-3H3,(H,29,31)(H,32,33)(H2,24,25,26,27,28)/p-1. The van der Waals surface area contributed by atoms with E-state index in [4.69, 9.17) is 4.84 Å². The maximum Gasteiger partial charge on any atom is 0.278 e. The Bertz CT molecular complexity index is 1250. The summed E-state index contributed by atoms with van der Waals surface area (Å²) in [4.78, 5) is 30.5. The lowest BCUT2D eigenvalue weighted by atomic mass is 10.1.